The standard InChI is InChI=1S/C19H25N3O4/c1-26-19(25)15-6-4-5-14(10-15)17(23)21-12-13-9-16(20-11-13)18(24)22-7-2-3-8-22/h4-6,10,13,16,20H,2-3,7-9,11-12H2,1H3,(H,21,23)/t13-,16-/m0/s1. The molecule has 0 bridgehead atoms. The van der Waals surface area contributed by atoms with Gasteiger partial charge in [-0.1, -0.05) is 6.07 Å². The number of likely N-dealkylation sites (tertiary alicyclic amines) is 1. The third-order valence-electron chi connectivity index (χ3n) is 5.03. The number of carbonyl (C=O) groups is 3. The summed E-state index contributed by atoms with van der Waals surface area (Å²) in [6.07, 6.45) is 2.91. The summed E-state index contributed by atoms with van der Waals surface area (Å²) in [7, 11) is 1.31. The van der Waals surface area contributed by atoms with Crippen molar-refractivity contribution in [3.8, 4) is 0 Å². The maximum absolute atomic E-state index is 12.4. The normalized spacial score (nSPS) is 22.3. The Labute approximate surface area is 153 Å². The summed E-state index contributed by atoms with van der Waals surface area (Å²) in [5, 5.41) is 6.17. The van der Waals surface area contributed by atoms with Gasteiger partial charge < -0.3 is 20.3 Å². The Morgan fingerprint density at radius 3 is 2.69 bits per heavy atom. The van der Waals surface area contributed by atoms with Crippen molar-refractivity contribution in [2.24, 2.45) is 5.92 Å². The van der Waals surface area contributed by atoms with Gasteiger partial charge in [0.15, 0.2) is 0 Å². The maximum atomic E-state index is 12.4. The quantitative estimate of drug-likeness (QED) is 0.760. The Balaban J connectivity index is 1.49. The van der Waals surface area contributed by atoms with Crippen LogP contribution in [0.25, 0.3) is 0 Å². The van der Waals surface area contributed by atoms with E-state index in [0.29, 0.717) is 24.2 Å². The number of nitrogens with zero attached hydrogens (tertiary/aromatic N) is 1. The molecule has 26 heavy (non-hydrogen) atoms. The van der Waals surface area contributed by atoms with E-state index in [2.05, 4.69) is 15.4 Å². The lowest BCUT2D eigenvalue weighted by Gasteiger charge is -2.20. The van der Waals surface area contributed by atoms with Crippen LogP contribution in [0.1, 0.15) is 40.0 Å². The number of hydrogen-bond acceptors (Lipinski definition) is 5. The van der Waals surface area contributed by atoms with Crippen LogP contribution in [0.15, 0.2) is 24.3 Å². The molecule has 0 spiro atoms. The van der Waals surface area contributed by atoms with Crippen LogP contribution in [0.2, 0.25) is 0 Å². The van der Waals surface area contributed by atoms with Gasteiger partial charge in [-0.15, -0.1) is 0 Å². The van der Waals surface area contributed by atoms with Crippen LogP contribution in [0.3, 0.4) is 0 Å². The van der Waals surface area contributed by atoms with Crippen LogP contribution in [-0.2, 0) is 9.53 Å². The van der Waals surface area contributed by atoms with Gasteiger partial charge in [-0.05, 0) is 43.4 Å². The smallest absolute Gasteiger partial charge is 0.337 e. The lowest BCUT2D eigenvalue weighted by molar-refractivity contribution is -0.132. The number of rotatable bonds is 5. The zero-order valence-corrected chi connectivity index (χ0v) is 15.0. The van der Waals surface area contributed by atoms with Crippen molar-refractivity contribution < 1.29 is 19.1 Å². The molecule has 0 saturated carbocycles. The number of nitrogens with one attached hydrogen (secondary N) is 2. The number of methoxy groups -OCH3 is 1. The lowest BCUT2D eigenvalue weighted by atomic mass is 10.0. The summed E-state index contributed by atoms with van der Waals surface area (Å²) in [5.74, 6) is -0.297. The van der Waals surface area contributed by atoms with E-state index < -0.39 is 5.97 Å². The average Bonchev–Trinajstić information content (AvgIpc) is 3.37. The zero-order valence-electron chi connectivity index (χ0n) is 15.0. The topological polar surface area (TPSA) is 87.7 Å². The van der Waals surface area contributed by atoms with Crippen molar-refractivity contribution in [1.82, 2.24) is 15.5 Å². The van der Waals surface area contributed by atoms with Gasteiger partial charge in [-0.2, -0.15) is 0 Å². The predicted molar refractivity (Wildman–Crippen MR) is 95.8 cm³/mol. The Morgan fingerprint density at radius 2 is 1.96 bits per heavy atom. The number of benzene rings is 1. The Morgan fingerprint density at radius 1 is 1.23 bits per heavy atom. The van der Waals surface area contributed by atoms with Gasteiger partial charge in [0.2, 0.25) is 5.91 Å². The highest BCUT2D eigenvalue weighted by molar-refractivity contribution is 5.97. The van der Waals surface area contributed by atoms with E-state index in [1.807, 2.05) is 4.90 Å². The van der Waals surface area contributed by atoms with E-state index in [0.717, 1.165) is 32.4 Å². The fourth-order valence-corrected chi connectivity index (χ4v) is 3.55. The summed E-state index contributed by atoms with van der Waals surface area (Å²) < 4.78 is 4.67. The summed E-state index contributed by atoms with van der Waals surface area (Å²) in [5.41, 5.74) is 0.766. The first-order chi connectivity index (χ1) is 12.6. The van der Waals surface area contributed by atoms with Crippen LogP contribution < -0.4 is 10.6 Å². The van der Waals surface area contributed by atoms with Crippen molar-refractivity contribution >= 4 is 17.8 Å². The molecule has 2 fully saturated rings. The lowest BCUT2D eigenvalue weighted by Crippen LogP contribution is -2.42. The monoisotopic (exact) mass is 359 g/mol. The molecule has 2 aliphatic heterocycles. The van der Waals surface area contributed by atoms with Crippen molar-refractivity contribution in [3.05, 3.63) is 35.4 Å². The number of carbonyl (C=O) groups excluding carboxylic acids is 3. The molecule has 7 nitrogen and oxygen atoms in total. The summed E-state index contributed by atoms with van der Waals surface area (Å²) in [4.78, 5) is 38.2. The largest absolute Gasteiger partial charge is 0.465 e. The van der Waals surface area contributed by atoms with Crippen molar-refractivity contribution in [2.45, 2.75) is 25.3 Å². The highest BCUT2D eigenvalue weighted by Gasteiger charge is 2.33. The highest BCUT2D eigenvalue weighted by Crippen LogP contribution is 2.18. The summed E-state index contributed by atoms with van der Waals surface area (Å²) in [6.45, 7) is 2.93. The minimum Gasteiger partial charge on any atom is -0.465 e. The maximum Gasteiger partial charge on any atom is 0.337 e. The first-order valence-electron chi connectivity index (χ1n) is 9.07. The van der Waals surface area contributed by atoms with Crippen LogP contribution in [0.4, 0.5) is 0 Å². The van der Waals surface area contributed by atoms with Gasteiger partial charge in [-0.25, -0.2) is 4.79 Å². The van der Waals surface area contributed by atoms with E-state index in [-0.39, 0.29) is 23.8 Å². The van der Waals surface area contributed by atoms with Crippen molar-refractivity contribution in [3.63, 3.8) is 0 Å². The molecule has 2 heterocycles. The van der Waals surface area contributed by atoms with Gasteiger partial charge >= 0.3 is 5.97 Å². The molecule has 3 rings (SSSR count). The second-order valence-corrected chi connectivity index (χ2v) is 6.88. The molecule has 140 valence electrons. The molecule has 7 heteroatoms. The van der Waals surface area contributed by atoms with E-state index in [4.69, 9.17) is 0 Å². The molecule has 0 aliphatic carbocycles. The Bertz CT molecular complexity index is 685. The molecule has 2 amide bonds. The van der Waals surface area contributed by atoms with Crippen LogP contribution in [0.5, 0.6) is 0 Å². The SMILES string of the molecule is COC(=O)c1cccc(C(=O)NC[C@@H]2CN[C@H](C(=O)N3CCCC3)C2)c1. The van der Waals surface area contributed by atoms with Crippen LogP contribution >= 0.6 is 0 Å². The first-order valence-corrected chi connectivity index (χ1v) is 9.07. The van der Waals surface area contributed by atoms with E-state index in [1.54, 1.807) is 18.2 Å². The fraction of sp³-hybridized carbons (Fsp3) is 0.526. The molecule has 0 aromatic heterocycles. The van der Waals surface area contributed by atoms with E-state index >= 15 is 0 Å². The van der Waals surface area contributed by atoms with Gasteiger partial charge in [0.25, 0.3) is 5.91 Å². The number of ether oxygens (including phenoxy) is 1. The molecular formula is C19H25N3O4. The second kappa shape index (κ2) is 8.31. The fourth-order valence-electron chi connectivity index (χ4n) is 3.55. The third-order valence-corrected chi connectivity index (χ3v) is 5.03. The van der Waals surface area contributed by atoms with Crippen LogP contribution in [-0.4, -0.2) is 62.0 Å². The number of hydrogen-bond donors (Lipinski definition) is 2. The third kappa shape index (κ3) is 4.22. The van der Waals surface area contributed by atoms with E-state index in [1.165, 1.54) is 13.2 Å². The predicted octanol–water partition coefficient (Wildman–Crippen LogP) is 0.803. The molecule has 2 saturated heterocycles. The summed E-state index contributed by atoms with van der Waals surface area (Å²) in [6, 6.07) is 6.31. The van der Waals surface area contributed by atoms with Gasteiger partial charge in [0.05, 0.1) is 18.7 Å². The zero-order chi connectivity index (χ0) is 18.5. The molecule has 2 N–H and O–H groups in total. The minimum atomic E-state index is -0.470. The Hall–Kier alpha value is -2.41. The number of esters is 1. The molecule has 1 aromatic rings. The van der Waals surface area contributed by atoms with Crippen molar-refractivity contribution in [2.75, 3.05) is 33.3 Å². The molecule has 0 unspecified atom stereocenters. The highest BCUT2D eigenvalue weighted by atomic mass is 16.5. The molecule has 1 aromatic carbocycles. The Kier molecular flexibility index (Phi) is 5.88. The average molecular weight is 359 g/mol. The van der Waals surface area contributed by atoms with Gasteiger partial charge in [0.1, 0.15) is 0 Å². The molecule has 0 radical (unpaired) electrons. The molecular weight excluding hydrogens is 334 g/mol. The van der Waals surface area contributed by atoms with Gasteiger partial charge in [0, 0.05) is 31.7 Å². The second-order valence-electron chi connectivity index (χ2n) is 6.88. The van der Waals surface area contributed by atoms with Crippen molar-refractivity contribution in [1.29, 1.82) is 0 Å². The minimum absolute atomic E-state index is 0.141. The number of amides is 2. The molecule has 2 aliphatic rings. The van der Waals surface area contributed by atoms with Crippen LogP contribution in [0, 0.1) is 5.92 Å². The first kappa shape index (κ1) is 18.4. The van der Waals surface area contributed by atoms with E-state index in [9.17, 15) is 14.4 Å². The molecule has 2 atom stereocenters. The van der Waals surface area contributed by atoms with Gasteiger partial charge in [-0.3, -0.25) is 9.59 Å². The summed E-state index contributed by atoms with van der Waals surface area (Å²) >= 11 is 0.